The number of para-hydroxylation sites is 1. The van der Waals surface area contributed by atoms with Gasteiger partial charge in [-0.25, -0.2) is 0 Å². The largest absolute Gasteiger partial charge is 0.309 e. The summed E-state index contributed by atoms with van der Waals surface area (Å²) in [6.45, 7) is 0. The number of rotatable bonds is 7. The van der Waals surface area contributed by atoms with Gasteiger partial charge in [0, 0.05) is 37.0 Å². The molecule has 0 N–H and O–H groups in total. The summed E-state index contributed by atoms with van der Waals surface area (Å²) < 4.78 is 2.65. The molecule has 0 aliphatic carbocycles. The van der Waals surface area contributed by atoms with Crippen LogP contribution in [0.5, 0.6) is 0 Å². The van der Waals surface area contributed by atoms with Gasteiger partial charge < -0.3 is 4.90 Å². The van der Waals surface area contributed by atoms with Gasteiger partial charge in [0.05, 0.1) is 11.4 Å². The highest BCUT2D eigenvalue weighted by Gasteiger charge is 2.22. The van der Waals surface area contributed by atoms with E-state index in [1.54, 1.807) is 0 Å². The second kappa shape index (κ2) is 13.7. The summed E-state index contributed by atoms with van der Waals surface area (Å²) in [5.74, 6) is 0. The van der Waals surface area contributed by atoms with Crippen LogP contribution in [0.2, 0.25) is 0 Å². The third kappa shape index (κ3) is 5.74. The predicted molar refractivity (Wildman–Crippen MR) is 233 cm³/mol. The van der Waals surface area contributed by atoms with Gasteiger partial charge in [0.15, 0.2) is 0 Å². The lowest BCUT2D eigenvalue weighted by Crippen LogP contribution is -2.12. The number of hydrogen-bond acceptors (Lipinski definition) is 2. The first-order chi connectivity index (χ1) is 26.8. The van der Waals surface area contributed by atoms with Crippen molar-refractivity contribution in [3.8, 4) is 44.5 Å². The molecule has 54 heavy (non-hydrogen) atoms. The van der Waals surface area contributed by atoms with E-state index in [9.17, 15) is 0 Å². The Bertz CT molecular complexity index is 2920. The van der Waals surface area contributed by atoms with Crippen LogP contribution in [-0.4, -0.2) is 0 Å². The van der Waals surface area contributed by atoms with Gasteiger partial charge in [-0.15, -0.1) is 11.3 Å². The van der Waals surface area contributed by atoms with Crippen molar-refractivity contribution in [2.75, 3.05) is 4.90 Å². The Labute approximate surface area is 319 Å². The molecule has 0 aliphatic heterocycles. The maximum atomic E-state index is 2.46. The fourth-order valence-corrected chi connectivity index (χ4v) is 9.07. The van der Waals surface area contributed by atoms with E-state index in [0.717, 1.165) is 17.1 Å². The van der Waals surface area contributed by atoms with Crippen LogP contribution in [0.1, 0.15) is 0 Å². The van der Waals surface area contributed by atoms with E-state index in [2.05, 4.69) is 217 Å². The van der Waals surface area contributed by atoms with Crippen molar-refractivity contribution in [3.05, 3.63) is 212 Å². The highest BCUT2D eigenvalue weighted by atomic mass is 32.1. The van der Waals surface area contributed by atoms with Gasteiger partial charge in [-0.1, -0.05) is 176 Å². The number of benzene rings is 9. The van der Waals surface area contributed by atoms with E-state index in [4.69, 9.17) is 0 Å². The molecule has 0 amide bonds. The third-order valence-corrected chi connectivity index (χ3v) is 11.7. The SMILES string of the molecule is c1ccc(-c2ccccc2N(c2ccc(-c3cccc4c3sc3ccccc34)cc2)c2cc(-c3ccc4ccccc4c3)ccc2-c2ccccc2)cc1. The summed E-state index contributed by atoms with van der Waals surface area (Å²) in [4.78, 5) is 2.46. The van der Waals surface area contributed by atoms with Crippen LogP contribution < -0.4 is 4.90 Å². The average molecular weight is 706 g/mol. The highest BCUT2D eigenvalue weighted by Crippen LogP contribution is 2.47. The molecule has 0 aliphatic rings. The summed E-state index contributed by atoms with van der Waals surface area (Å²) in [6.07, 6.45) is 0. The Kier molecular flexibility index (Phi) is 8.09. The van der Waals surface area contributed by atoms with Gasteiger partial charge in [0.2, 0.25) is 0 Å². The first-order valence-corrected chi connectivity index (χ1v) is 19.2. The first kappa shape index (κ1) is 32.0. The van der Waals surface area contributed by atoms with Crippen molar-refractivity contribution in [1.29, 1.82) is 0 Å². The lowest BCUT2D eigenvalue weighted by atomic mass is 9.94. The average Bonchev–Trinajstić information content (AvgIpc) is 3.64. The Morgan fingerprint density at radius 2 is 0.870 bits per heavy atom. The minimum absolute atomic E-state index is 1.10. The van der Waals surface area contributed by atoms with Crippen molar-refractivity contribution < 1.29 is 0 Å². The first-order valence-electron chi connectivity index (χ1n) is 18.4. The van der Waals surface area contributed by atoms with Gasteiger partial charge >= 0.3 is 0 Å². The van der Waals surface area contributed by atoms with E-state index in [0.29, 0.717) is 0 Å². The van der Waals surface area contributed by atoms with Crippen LogP contribution in [0, 0.1) is 0 Å². The van der Waals surface area contributed by atoms with Crippen LogP contribution in [0.25, 0.3) is 75.5 Å². The fraction of sp³-hybridized carbons (Fsp3) is 0. The van der Waals surface area contributed by atoms with E-state index in [-0.39, 0.29) is 0 Å². The molecule has 0 unspecified atom stereocenters. The molecular weight excluding hydrogens is 671 g/mol. The zero-order chi connectivity index (χ0) is 35.8. The fourth-order valence-electron chi connectivity index (χ4n) is 7.83. The topological polar surface area (TPSA) is 3.24 Å². The predicted octanol–water partition coefficient (Wildman–Crippen LogP) is 15.3. The molecule has 9 aromatic carbocycles. The van der Waals surface area contributed by atoms with Crippen molar-refractivity contribution >= 4 is 59.3 Å². The summed E-state index contributed by atoms with van der Waals surface area (Å²) in [7, 11) is 0. The van der Waals surface area contributed by atoms with Crippen molar-refractivity contribution in [3.63, 3.8) is 0 Å². The summed E-state index contributed by atoms with van der Waals surface area (Å²) in [5, 5.41) is 5.11. The van der Waals surface area contributed by atoms with Gasteiger partial charge in [0.1, 0.15) is 0 Å². The normalized spacial score (nSPS) is 11.3. The molecule has 0 atom stereocenters. The molecule has 1 heterocycles. The third-order valence-electron chi connectivity index (χ3n) is 10.5. The van der Waals surface area contributed by atoms with Gasteiger partial charge in [-0.2, -0.15) is 0 Å². The number of fused-ring (bicyclic) bond motifs is 4. The van der Waals surface area contributed by atoms with Crippen LogP contribution in [0.15, 0.2) is 212 Å². The molecule has 0 saturated carbocycles. The molecule has 1 nitrogen and oxygen atoms in total. The number of nitrogens with zero attached hydrogens (tertiary/aromatic N) is 1. The lowest BCUT2D eigenvalue weighted by molar-refractivity contribution is 1.28. The second-order valence-corrected chi connectivity index (χ2v) is 14.8. The van der Waals surface area contributed by atoms with Crippen LogP contribution in [-0.2, 0) is 0 Å². The molecule has 0 saturated heterocycles. The van der Waals surface area contributed by atoms with Crippen LogP contribution in [0.4, 0.5) is 17.1 Å². The molecule has 10 aromatic rings. The molecule has 0 spiro atoms. The van der Waals surface area contributed by atoms with Crippen molar-refractivity contribution in [2.45, 2.75) is 0 Å². The minimum atomic E-state index is 1.10. The summed E-state index contributed by atoms with van der Waals surface area (Å²) in [5.41, 5.74) is 12.9. The van der Waals surface area contributed by atoms with E-state index >= 15 is 0 Å². The lowest BCUT2D eigenvalue weighted by Gasteiger charge is -2.30. The van der Waals surface area contributed by atoms with E-state index < -0.39 is 0 Å². The van der Waals surface area contributed by atoms with Gasteiger partial charge in [0.25, 0.3) is 0 Å². The molecule has 10 rings (SSSR count). The Hall–Kier alpha value is -6.74. The highest BCUT2D eigenvalue weighted by molar-refractivity contribution is 7.26. The molecule has 254 valence electrons. The van der Waals surface area contributed by atoms with E-state index in [1.807, 2.05) is 11.3 Å². The van der Waals surface area contributed by atoms with Crippen LogP contribution in [0.3, 0.4) is 0 Å². The zero-order valence-electron chi connectivity index (χ0n) is 29.6. The number of thiophene rings is 1. The van der Waals surface area contributed by atoms with Crippen LogP contribution >= 0.6 is 11.3 Å². The van der Waals surface area contributed by atoms with Crippen molar-refractivity contribution in [1.82, 2.24) is 0 Å². The molecule has 1 aromatic heterocycles. The maximum absolute atomic E-state index is 2.46. The molecule has 0 bridgehead atoms. The van der Waals surface area contributed by atoms with Crippen molar-refractivity contribution in [2.24, 2.45) is 0 Å². The maximum Gasteiger partial charge on any atom is 0.0546 e. The second-order valence-electron chi connectivity index (χ2n) is 13.7. The minimum Gasteiger partial charge on any atom is -0.309 e. The number of anilines is 3. The monoisotopic (exact) mass is 705 g/mol. The molecule has 2 heteroatoms. The Morgan fingerprint density at radius 1 is 0.315 bits per heavy atom. The Balaban J connectivity index is 1.19. The van der Waals surface area contributed by atoms with Gasteiger partial charge in [-0.05, 0) is 80.6 Å². The summed E-state index contributed by atoms with van der Waals surface area (Å²) >= 11 is 1.88. The quantitative estimate of drug-likeness (QED) is 0.160. The Morgan fingerprint density at radius 3 is 1.67 bits per heavy atom. The molecular formula is C52H35NS. The molecule has 0 fully saturated rings. The summed E-state index contributed by atoms with van der Waals surface area (Å²) in [6, 6.07) is 77.2. The number of hydrogen-bond donors (Lipinski definition) is 0. The van der Waals surface area contributed by atoms with E-state index in [1.165, 1.54) is 75.5 Å². The smallest absolute Gasteiger partial charge is 0.0546 e. The molecule has 0 radical (unpaired) electrons. The standard InChI is InChI=1S/C52H35NS/c1-3-15-37(16-4-1)44-20-9-11-24-49(44)53(43-31-28-39(29-32-43)46-22-13-23-48-47-21-10-12-25-51(47)54-52(46)48)50-35-42(30-33-45(50)38-17-5-2-6-18-38)41-27-26-36-14-7-8-19-40(36)34-41/h1-35H. The van der Waals surface area contributed by atoms with Gasteiger partial charge in [-0.3, -0.25) is 0 Å². The zero-order valence-corrected chi connectivity index (χ0v) is 30.4.